The first-order valence-corrected chi connectivity index (χ1v) is 11.0. The number of nitrogens with zero attached hydrogens (tertiary/aromatic N) is 4. The molecule has 10 heteroatoms. The number of amides is 1. The van der Waals surface area contributed by atoms with E-state index in [1.807, 2.05) is 57.9 Å². The highest BCUT2D eigenvalue weighted by Crippen LogP contribution is 2.30. The van der Waals surface area contributed by atoms with E-state index >= 15 is 0 Å². The lowest BCUT2D eigenvalue weighted by Crippen LogP contribution is -2.15. The van der Waals surface area contributed by atoms with Crippen LogP contribution in [0.5, 0.6) is 17.2 Å². The van der Waals surface area contributed by atoms with Crippen LogP contribution in [0.1, 0.15) is 0 Å². The molecule has 2 aromatic heterocycles. The SMILES string of the molecule is COc1cccc(-n2c(SCC(=O)Nc3ccc(OC)cc3OC)nnc2-n2cccc2)c1. The van der Waals surface area contributed by atoms with Gasteiger partial charge in [-0.05, 0) is 36.4 Å². The Morgan fingerprint density at radius 2 is 1.70 bits per heavy atom. The van der Waals surface area contributed by atoms with Crippen molar-refractivity contribution in [1.29, 1.82) is 0 Å². The topological polar surface area (TPSA) is 92.4 Å². The number of carbonyl (C=O) groups excluding carboxylic acids is 1. The van der Waals surface area contributed by atoms with Crippen LogP contribution < -0.4 is 19.5 Å². The second-order valence-corrected chi connectivity index (χ2v) is 7.76. The van der Waals surface area contributed by atoms with Gasteiger partial charge >= 0.3 is 0 Å². The molecule has 0 saturated carbocycles. The number of methoxy groups -OCH3 is 3. The fourth-order valence-corrected chi connectivity index (χ4v) is 3.93. The Kier molecular flexibility index (Phi) is 6.84. The van der Waals surface area contributed by atoms with Crippen molar-refractivity contribution in [3.05, 3.63) is 67.0 Å². The minimum Gasteiger partial charge on any atom is -0.497 e. The largest absolute Gasteiger partial charge is 0.497 e. The normalized spacial score (nSPS) is 10.6. The molecule has 0 unspecified atom stereocenters. The highest BCUT2D eigenvalue weighted by molar-refractivity contribution is 7.99. The fourth-order valence-electron chi connectivity index (χ4n) is 3.18. The van der Waals surface area contributed by atoms with E-state index in [0.29, 0.717) is 34.0 Å². The van der Waals surface area contributed by atoms with E-state index in [4.69, 9.17) is 14.2 Å². The maximum Gasteiger partial charge on any atom is 0.240 e. The summed E-state index contributed by atoms with van der Waals surface area (Å²) in [6.07, 6.45) is 3.77. The first-order chi connectivity index (χ1) is 16.1. The Morgan fingerprint density at radius 3 is 2.42 bits per heavy atom. The number of nitrogens with one attached hydrogen (secondary N) is 1. The maximum absolute atomic E-state index is 12.7. The summed E-state index contributed by atoms with van der Waals surface area (Å²) in [6, 6.07) is 16.6. The minimum absolute atomic E-state index is 0.128. The smallest absolute Gasteiger partial charge is 0.240 e. The molecule has 33 heavy (non-hydrogen) atoms. The van der Waals surface area contributed by atoms with Crippen LogP contribution in [0.3, 0.4) is 0 Å². The summed E-state index contributed by atoms with van der Waals surface area (Å²) in [5.41, 5.74) is 1.38. The molecule has 0 bridgehead atoms. The Balaban J connectivity index is 1.57. The van der Waals surface area contributed by atoms with E-state index in [1.165, 1.54) is 11.8 Å². The molecule has 0 fully saturated rings. The molecular formula is C23H23N5O4S. The standard InChI is InChI=1S/C23H23N5O4S/c1-30-17-8-6-7-16(13-17)28-22(27-11-4-5-12-27)25-26-23(28)33-15-21(29)24-19-10-9-18(31-2)14-20(19)32-3/h4-14H,15H2,1-3H3,(H,24,29). The Hall–Kier alpha value is -3.92. The zero-order valence-electron chi connectivity index (χ0n) is 18.4. The lowest BCUT2D eigenvalue weighted by molar-refractivity contribution is -0.113. The molecule has 0 radical (unpaired) electrons. The highest BCUT2D eigenvalue weighted by Gasteiger charge is 2.18. The van der Waals surface area contributed by atoms with Crippen LogP contribution in [0.2, 0.25) is 0 Å². The maximum atomic E-state index is 12.7. The van der Waals surface area contributed by atoms with Crippen molar-refractivity contribution in [2.24, 2.45) is 0 Å². The monoisotopic (exact) mass is 465 g/mol. The second kappa shape index (κ2) is 10.1. The predicted molar refractivity (Wildman–Crippen MR) is 126 cm³/mol. The summed E-state index contributed by atoms with van der Waals surface area (Å²) in [7, 11) is 4.73. The van der Waals surface area contributed by atoms with Crippen LogP contribution in [0.15, 0.2) is 72.1 Å². The summed E-state index contributed by atoms with van der Waals surface area (Å²) in [5, 5.41) is 12.1. The quantitative estimate of drug-likeness (QED) is 0.376. The number of rotatable bonds is 9. The summed E-state index contributed by atoms with van der Waals surface area (Å²) in [6.45, 7) is 0. The lowest BCUT2D eigenvalue weighted by atomic mass is 10.2. The molecule has 0 atom stereocenters. The zero-order chi connectivity index (χ0) is 23.2. The molecule has 0 saturated heterocycles. The Labute approximate surface area is 195 Å². The van der Waals surface area contributed by atoms with Crippen LogP contribution in [0, 0.1) is 0 Å². The number of hydrogen-bond acceptors (Lipinski definition) is 7. The summed E-state index contributed by atoms with van der Waals surface area (Å²) in [4.78, 5) is 12.7. The van der Waals surface area contributed by atoms with Crippen LogP contribution in [0.25, 0.3) is 11.6 Å². The van der Waals surface area contributed by atoms with Gasteiger partial charge in [0.1, 0.15) is 17.2 Å². The third-order valence-electron chi connectivity index (χ3n) is 4.78. The number of hydrogen-bond donors (Lipinski definition) is 1. The van der Waals surface area contributed by atoms with E-state index in [9.17, 15) is 4.79 Å². The molecule has 1 amide bonds. The minimum atomic E-state index is -0.203. The van der Waals surface area contributed by atoms with Crippen molar-refractivity contribution in [3.8, 4) is 28.9 Å². The van der Waals surface area contributed by atoms with E-state index < -0.39 is 0 Å². The molecule has 0 aliphatic rings. The number of carbonyl (C=O) groups is 1. The fraction of sp³-hybridized carbons (Fsp3) is 0.174. The van der Waals surface area contributed by atoms with Gasteiger partial charge in [0.05, 0.1) is 38.5 Å². The predicted octanol–water partition coefficient (Wildman–Crippen LogP) is 3.81. The van der Waals surface area contributed by atoms with Gasteiger partial charge in [0, 0.05) is 24.5 Å². The van der Waals surface area contributed by atoms with Gasteiger partial charge in [-0.1, -0.05) is 17.8 Å². The third-order valence-corrected chi connectivity index (χ3v) is 5.71. The summed E-state index contributed by atoms with van der Waals surface area (Å²) < 4.78 is 19.7. The summed E-state index contributed by atoms with van der Waals surface area (Å²) >= 11 is 1.28. The lowest BCUT2D eigenvalue weighted by Gasteiger charge is -2.13. The second-order valence-electron chi connectivity index (χ2n) is 6.81. The van der Waals surface area contributed by atoms with Gasteiger partial charge in [0.15, 0.2) is 5.16 Å². The van der Waals surface area contributed by atoms with E-state index in [-0.39, 0.29) is 11.7 Å². The Bertz CT molecular complexity index is 1240. The van der Waals surface area contributed by atoms with Gasteiger partial charge in [-0.3, -0.25) is 13.9 Å². The Morgan fingerprint density at radius 1 is 0.939 bits per heavy atom. The molecular weight excluding hydrogens is 442 g/mol. The van der Waals surface area contributed by atoms with Crippen molar-refractivity contribution in [3.63, 3.8) is 0 Å². The number of aromatic nitrogens is 4. The number of ether oxygens (including phenoxy) is 3. The van der Waals surface area contributed by atoms with Gasteiger partial charge in [-0.2, -0.15) is 0 Å². The first-order valence-electron chi connectivity index (χ1n) is 10.0. The van der Waals surface area contributed by atoms with Crippen LogP contribution in [0.4, 0.5) is 5.69 Å². The molecule has 4 aromatic rings. The number of anilines is 1. The van der Waals surface area contributed by atoms with Crippen molar-refractivity contribution in [1.82, 2.24) is 19.3 Å². The third kappa shape index (κ3) is 4.96. The first kappa shape index (κ1) is 22.3. The van der Waals surface area contributed by atoms with Crippen LogP contribution >= 0.6 is 11.8 Å². The van der Waals surface area contributed by atoms with E-state index in [1.54, 1.807) is 39.5 Å². The van der Waals surface area contributed by atoms with E-state index in [2.05, 4.69) is 15.5 Å². The van der Waals surface area contributed by atoms with E-state index in [0.717, 1.165) is 5.69 Å². The molecule has 2 aromatic carbocycles. The molecule has 170 valence electrons. The summed E-state index contributed by atoms with van der Waals surface area (Å²) in [5.74, 6) is 2.40. The van der Waals surface area contributed by atoms with Crippen molar-refractivity contribution in [2.45, 2.75) is 5.16 Å². The van der Waals surface area contributed by atoms with Crippen LogP contribution in [-0.4, -0.2) is 52.3 Å². The van der Waals surface area contributed by atoms with Crippen molar-refractivity contribution in [2.75, 3.05) is 32.4 Å². The van der Waals surface area contributed by atoms with Crippen molar-refractivity contribution >= 4 is 23.4 Å². The molecule has 9 nitrogen and oxygen atoms in total. The van der Waals surface area contributed by atoms with Gasteiger partial charge < -0.3 is 19.5 Å². The van der Waals surface area contributed by atoms with Gasteiger partial charge in [-0.25, -0.2) is 0 Å². The molecule has 4 rings (SSSR count). The molecule has 1 N–H and O–H groups in total. The average Bonchev–Trinajstić information content (AvgIpc) is 3.53. The van der Waals surface area contributed by atoms with Gasteiger partial charge in [0.2, 0.25) is 11.9 Å². The molecule has 0 spiro atoms. The molecule has 0 aliphatic heterocycles. The van der Waals surface area contributed by atoms with Crippen molar-refractivity contribution < 1.29 is 19.0 Å². The van der Waals surface area contributed by atoms with Gasteiger partial charge in [-0.15, -0.1) is 10.2 Å². The average molecular weight is 466 g/mol. The molecule has 0 aliphatic carbocycles. The number of benzene rings is 2. The number of thioether (sulfide) groups is 1. The van der Waals surface area contributed by atoms with Gasteiger partial charge in [0.25, 0.3) is 0 Å². The van der Waals surface area contributed by atoms with Crippen LogP contribution in [-0.2, 0) is 4.79 Å². The zero-order valence-corrected chi connectivity index (χ0v) is 19.2. The highest BCUT2D eigenvalue weighted by atomic mass is 32.2. The molecule has 2 heterocycles.